The second-order valence-corrected chi connectivity index (χ2v) is 8.87. The summed E-state index contributed by atoms with van der Waals surface area (Å²) in [6, 6.07) is 10.4. The van der Waals surface area contributed by atoms with Crippen molar-refractivity contribution in [1.82, 2.24) is 0 Å². The highest BCUT2D eigenvalue weighted by Crippen LogP contribution is 2.53. The predicted octanol–water partition coefficient (Wildman–Crippen LogP) is 4.70. The third-order valence-electron chi connectivity index (χ3n) is 3.68. The summed E-state index contributed by atoms with van der Waals surface area (Å²) in [6.07, 6.45) is 9.99. The molecule has 162 valence electrons. The molecule has 1 aromatic rings. The zero-order valence-corrected chi connectivity index (χ0v) is 18.2. The van der Waals surface area contributed by atoms with Gasteiger partial charge in [0, 0.05) is 6.61 Å². The van der Waals surface area contributed by atoms with Gasteiger partial charge in [-0.25, -0.2) is 9.13 Å². The van der Waals surface area contributed by atoms with Crippen molar-refractivity contribution in [2.45, 2.75) is 59.0 Å². The first-order valence-corrected chi connectivity index (χ1v) is 12.2. The van der Waals surface area contributed by atoms with Crippen LogP contribution in [0.15, 0.2) is 42.0 Å². The number of unbranched alkanes of at least 4 members (excludes halogenated alkanes) is 4. The molecule has 28 heavy (non-hydrogen) atoms. The number of phosphoric acid groups is 2. The third-order valence-corrected chi connectivity index (χ3v) is 5.38. The standard InChI is InChI=1S/C18H28O.H4O7P2/c1-3-17(2)12-8-5-4-6-11-15-19-16-18-13-9-7-10-14-18;1-8(2,3)7-9(4,5)6/h3,7,9-10,13-14H,4-6,8,11-12,15-16H2,1-2H3;(H2,1,2,3)(H2,4,5,6)/b17-3+;. The number of ether oxygens (including phenoxy) is 1. The highest BCUT2D eigenvalue weighted by atomic mass is 31.3. The van der Waals surface area contributed by atoms with Gasteiger partial charge in [-0.15, -0.1) is 0 Å². The van der Waals surface area contributed by atoms with Gasteiger partial charge in [-0.05, 0) is 38.7 Å². The average Bonchev–Trinajstić information content (AvgIpc) is 2.58. The van der Waals surface area contributed by atoms with Crippen LogP contribution in [-0.2, 0) is 24.8 Å². The van der Waals surface area contributed by atoms with E-state index >= 15 is 0 Å². The van der Waals surface area contributed by atoms with Crippen molar-refractivity contribution in [2.24, 2.45) is 0 Å². The van der Waals surface area contributed by atoms with E-state index in [1.165, 1.54) is 49.7 Å². The second-order valence-electron chi connectivity index (χ2n) is 6.25. The molecule has 0 aliphatic carbocycles. The Balaban J connectivity index is 0.000000684. The minimum Gasteiger partial charge on any atom is -0.377 e. The summed E-state index contributed by atoms with van der Waals surface area (Å²) in [7, 11) is -10.1. The lowest BCUT2D eigenvalue weighted by Crippen LogP contribution is -1.95. The second kappa shape index (κ2) is 15.1. The molecule has 0 aliphatic heterocycles. The van der Waals surface area contributed by atoms with Gasteiger partial charge in [0.05, 0.1) is 6.61 Å². The fourth-order valence-corrected chi connectivity index (χ4v) is 3.29. The topological polar surface area (TPSA) is 134 Å². The largest absolute Gasteiger partial charge is 0.478 e. The third kappa shape index (κ3) is 19.9. The Labute approximate surface area is 167 Å². The smallest absolute Gasteiger partial charge is 0.377 e. The average molecular weight is 438 g/mol. The number of hydrogen-bond acceptors (Lipinski definition) is 4. The molecule has 0 spiro atoms. The first-order valence-electron chi connectivity index (χ1n) is 9.09. The Morgan fingerprint density at radius 3 is 1.96 bits per heavy atom. The highest BCUT2D eigenvalue weighted by molar-refractivity contribution is 7.60. The monoisotopic (exact) mass is 438 g/mol. The Bertz CT molecular complexity index is 616. The molecule has 1 rings (SSSR count). The molecular weight excluding hydrogens is 406 g/mol. The lowest BCUT2D eigenvalue weighted by Gasteiger charge is -2.05. The van der Waals surface area contributed by atoms with Gasteiger partial charge in [-0.2, -0.15) is 4.31 Å². The molecular formula is C18H32O8P2. The molecule has 0 bridgehead atoms. The molecule has 0 aromatic heterocycles. The van der Waals surface area contributed by atoms with E-state index in [0.717, 1.165) is 13.2 Å². The Morgan fingerprint density at radius 1 is 0.929 bits per heavy atom. The fourth-order valence-electron chi connectivity index (χ4n) is 2.19. The molecule has 0 unspecified atom stereocenters. The molecule has 8 nitrogen and oxygen atoms in total. The minimum absolute atomic E-state index is 0.751. The van der Waals surface area contributed by atoms with Gasteiger partial charge < -0.3 is 24.3 Å². The van der Waals surface area contributed by atoms with Crippen molar-refractivity contribution in [3.05, 3.63) is 47.5 Å². The summed E-state index contributed by atoms with van der Waals surface area (Å²) in [5.41, 5.74) is 2.79. The molecule has 1 aromatic carbocycles. The van der Waals surface area contributed by atoms with Crippen LogP contribution < -0.4 is 0 Å². The van der Waals surface area contributed by atoms with E-state index in [0.29, 0.717) is 0 Å². The van der Waals surface area contributed by atoms with Gasteiger partial charge in [-0.3, -0.25) is 0 Å². The highest BCUT2D eigenvalue weighted by Gasteiger charge is 2.27. The van der Waals surface area contributed by atoms with Gasteiger partial charge in [0.2, 0.25) is 0 Å². The molecule has 0 atom stereocenters. The Morgan fingerprint density at radius 2 is 1.46 bits per heavy atom. The van der Waals surface area contributed by atoms with Gasteiger partial charge in [0.1, 0.15) is 0 Å². The summed E-state index contributed by atoms with van der Waals surface area (Å²) < 4.78 is 27.9. The van der Waals surface area contributed by atoms with Crippen LogP contribution in [0.4, 0.5) is 0 Å². The Hall–Kier alpha value is -0.820. The molecule has 0 saturated carbocycles. The molecule has 0 fully saturated rings. The first kappa shape index (κ1) is 27.2. The maximum atomic E-state index is 9.63. The lowest BCUT2D eigenvalue weighted by atomic mass is 10.1. The van der Waals surface area contributed by atoms with E-state index in [1.54, 1.807) is 0 Å². The van der Waals surface area contributed by atoms with Crippen molar-refractivity contribution in [2.75, 3.05) is 6.61 Å². The molecule has 0 saturated heterocycles. The number of benzene rings is 1. The van der Waals surface area contributed by atoms with Crippen LogP contribution in [0, 0.1) is 0 Å². The van der Waals surface area contributed by atoms with E-state index in [9.17, 15) is 9.13 Å². The molecule has 10 heteroatoms. The van der Waals surface area contributed by atoms with Gasteiger partial charge in [0.15, 0.2) is 0 Å². The summed E-state index contributed by atoms with van der Waals surface area (Å²) in [5, 5.41) is 0. The van der Waals surface area contributed by atoms with E-state index in [1.807, 2.05) is 6.07 Å². The van der Waals surface area contributed by atoms with Crippen molar-refractivity contribution in [3.8, 4) is 0 Å². The minimum atomic E-state index is -5.05. The summed E-state index contributed by atoms with van der Waals surface area (Å²) in [4.78, 5) is 31.0. The van der Waals surface area contributed by atoms with Crippen LogP contribution in [0.1, 0.15) is 57.9 Å². The number of allylic oxidation sites excluding steroid dienone is 2. The SMILES string of the molecule is C/C=C(\C)CCCCCCCOCc1ccccc1.O=P(O)(O)OP(=O)(O)O. The lowest BCUT2D eigenvalue weighted by molar-refractivity contribution is 0.116. The maximum absolute atomic E-state index is 9.63. The van der Waals surface area contributed by atoms with Crippen LogP contribution in [-0.4, -0.2) is 26.2 Å². The zero-order chi connectivity index (χ0) is 21.5. The summed E-state index contributed by atoms with van der Waals surface area (Å²) in [6.45, 7) is 5.99. The van der Waals surface area contributed by atoms with Gasteiger partial charge in [-0.1, -0.05) is 61.2 Å². The van der Waals surface area contributed by atoms with Crippen LogP contribution in [0.25, 0.3) is 0 Å². The van der Waals surface area contributed by atoms with E-state index < -0.39 is 15.6 Å². The quantitative estimate of drug-likeness (QED) is 0.210. The van der Waals surface area contributed by atoms with Crippen molar-refractivity contribution in [1.29, 1.82) is 0 Å². The molecule has 0 amide bonds. The maximum Gasteiger partial charge on any atom is 0.478 e. The van der Waals surface area contributed by atoms with Crippen molar-refractivity contribution in [3.63, 3.8) is 0 Å². The first-order chi connectivity index (χ1) is 13.0. The van der Waals surface area contributed by atoms with E-state index in [4.69, 9.17) is 24.3 Å². The van der Waals surface area contributed by atoms with E-state index in [-0.39, 0.29) is 0 Å². The van der Waals surface area contributed by atoms with E-state index in [2.05, 4.69) is 48.5 Å². The summed E-state index contributed by atoms with van der Waals surface area (Å²) in [5.74, 6) is 0. The van der Waals surface area contributed by atoms with Crippen molar-refractivity contribution >= 4 is 15.6 Å². The Kier molecular flexibility index (Phi) is 14.6. The van der Waals surface area contributed by atoms with Crippen LogP contribution in [0.5, 0.6) is 0 Å². The molecule has 4 N–H and O–H groups in total. The van der Waals surface area contributed by atoms with Crippen molar-refractivity contribution < 1.29 is 37.8 Å². The molecule has 0 aliphatic rings. The van der Waals surface area contributed by atoms with Crippen LogP contribution >= 0.6 is 15.6 Å². The zero-order valence-electron chi connectivity index (χ0n) is 16.4. The summed E-state index contributed by atoms with van der Waals surface area (Å²) >= 11 is 0. The van der Waals surface area contributed by atoms with Crippen LogP contribution in [0.2, 0.25) is 0 Å². The number of rotatable bonds is 12. The fraction of sp³-hybridized carbons (Fsp3) is 0.556. The van der Waals surface area contributed by atoms with Crippen LogP contribution in [0.3, 0.4) is 0 Å². The molecule has 0 radical (unpaired) electrons. The molecule has 0 heterocycles. The number of hydrogen-bond donors (Lipinski definition) is 4. The predicted molar refractivity (Wildman–Crippen MR) is 108 cm³/mol. The van der Waals surface area contributed by atoms with Gasteiger partial charge in [0.25, 0.3) is 0 Å². The van der Waals surface area contributed by atoms with Gasteiger partial charge >= 0.3 is 15.6 Å². The normalized spacial score (nSPS) is 12.4.